The summed E-state index contributed by atoms with van der Waals surface area (Å²) in [4.78, 5) is 14.6. The normalized spacial score (nSPS) is 15.9. The fraction of sp³-hybridized carbons (Fsp3) is 0.438. The van der Waals surface area contributed by atoms with Crippen LogP contribution in [-0.4, -0.2) is 30.7 Å². The van der Waals surface area contributed by atoms with Crippen molar-refractivity contribution in [2.75, 3.05) is 13.7 Å². The molecule has 0 saturated heterocycles. The summed E-state index contributed by atoms with van der Waals surface area (Å²) in [5.74, 6) is 1.19. The van der Waals surface area contributed by atoms with E-state index in [2.05, 4.69) is 9.72 Å². The number of H-pyrrole nitrogens is 1. The summed E-state index contributed by atoms with van der Waals surface area (Å²) in [7, 11) is 1.35. The molecule has 5 nitrogen and oxygen atoms in total. The molecule has 5 heteroatoms. The predicted molar refractivity (Wildman–Crippen MR) is 80.2 cm³/mol. The van der Waals surface area contributed by atoms with Gasteiger partial charge in [0.1, 0.15) is 11.8 Å². The highest BCUT2D eigenvalue weighted by molar-refractivity contribution is 5.85. The molecule has 21 heavy (non-hydrogen) atoms. The van der Waals surface area contributed by atoms with Crippen LogP contribution in [0.25, 0.3) is 10.9 Å². The van der Waals surface area contributed by atoms with E-state index in [1.807, 2.05) is 24.4 Å². The van der Waals surface area contributed by atoms with Gasteiger partial charge in [-0.3, -0.25) is 4.79 Å². The quantitative estimate of drug-likeness (QED) is 0.797. The van der Waals surface area contributed by atoms with E-state index < -0.39 is 12.0 Å². The summed E-state index contributed by atoms with van der Waals surface area (Å²) in [6.07, 6.45) is 4.87. The minimum absolute atomic E-state index is 0.398. The minimum atomic E-state index is -0.648. The molecule has 3 rings (SSSR count). The Morgan fingerprint density at radius 3 is 3.00 bits per heavy atom. The molecule has 1 atom stereocenters. The highest BCUT2D eigenvalue weighted by Crippen LogP contribution is 2.30. The van der Waals surface area contributed by atoms with Crippen LogP contribution in [0.2, 0.25) is 0 Å². The molecule has 0 amide bonds. The van der Waals surface area contributed by atoms with Crippen LogP contribution < -0.4 is 10.5 Å². The molecule has 2 aromatic rings. The Balaban J connectivity index is 1.77. The number of benzene rings is 1. The van der Waals surface area contributed by atoms with Gasteiger partial charge < -0.3 is 20.2 Å². The number of esters is 1. The van der Waals surface area contributed by atoms with Gasteiger partial charge in [-0.05, 0) is 42.5 Å². The van der Waals surface area contributed by atoms with E-state index in [4.69, 9.17) is 10.5 Å². The van der Waals surface area contributed by atoms with Crippen LogP contribution in [0.3, 0.4) is 0 Å². The van der Waals surface area contributed by atoms with Crippen molar-refractivity contribution in [1.29, 1.82) is 0 Å². The molecule has 112 valence electrons. The van der Waals surface area contributed by atoms with Crippen molar-refractivity contribution in [2.24, 2.45) is 11.7 Å². The number of carbonyl (C=O) groups excluding carboxylic acids is 1. The summed E-state index contributed by atoms with van der Waals surface area (Å²) in [6, 6.07) is 5.31. The number of rotatable bonds is 6. The molecule has 1 aromatic carbocycles. The number of aromatic amines is 1. The van der Waals surface area contributed by atoms with Crippen LogP contribution in [0.15, 0.2) is 24.4 Å². The molecule has 1 saturated carbocycles. The van der Waals surface area contributed by atoms with E-state index in [1.165, 1.54) is 20.0 Å². The second-order valence-corrected chi connectivity index (χ2v) is 5.61. The zero-order valence-electron chi connectivity index (χ0n) is 12.1. The molecule has 1 heterocycles. The number of nitrogens with one attached hydrogen (secondary N) is 1. The van der Waals surface area contributed by atoms with Crippen molar-refractivity contribution >= 4 is 16.9 Å². The molecule has 1 aliphatic rings. The van der Waals surface area contributed by atoms with E-state index in [9.17, 15) is 4.79 Å². The lowest BCUT2D eigenvalue weighted by atomic mass is 10.1. The highest BCUT2D eigenvalue weighted by Gasteiger charge is 2.22. The van der Waals surface area contributed by atoms with Gasteiger partial charge in [0.25, 0.3) is 0 Å². The van der Waals surface area contributed by atoms with Crippen LogP contribution >= 0.6 is 0 Å². The lowest BCUT2D eigenvalue weighted by Crippen LogP contribution is -2.33. The first-order valence-corrected chi connectivity index (χ1v) is 7.23. The molecule has 0 spiro atoms. The molecule has 3 N–H and O–H groups in total. The van der Waals surface area contributed by atoms with Gasteiger partial charge in [0, 0.05) is 23.5 Å². The van der Waals surface area contributed by atoms with Gasteiger partial charge >= 0.3 is 5.97 Å². The van der Waals surface area contributed by atoms with Crippen LogP contribution in [0.1, 0.15) is 18.4 Å². The maximum Gasteiger partial charge on any atom is 0.322 e. The first-order chi connectivity index (χ1) is 10.2. The fourth-order valence-electron chi connectivity index (χ4n) is 2.39. The SMILES string of the molecule is COC(=O)[C@@H](N)Cc1c[nH]c2ccc(OCC3CC3)cc12. The molecule has 1 fully saturated rings. The van der Waals surface area contributed by atoms with Gasteiger partial charge in [0.15, 0.2) is 0 Å². The zero-order valence-corrected chi connectivity index (χ0v) is 12.1. The van der Waals surface area contributed by atoms with Gasteiger partial charge in [-0.1, -0.05) is 0 Å². The van der Waals surface area contributed by atoms with E-state index in [-0.39, 0.29) is 0 Å². The van der Waals surface area contributed by atoms with Crippen molar-refractivity contribution < 1.29 is 14.3 Å². The second-order valence-electron chi connectivity index (χ2n) is 5.61. The second kappa shape index (κ2) is 5.77. The number of hydrogen-bond donors (Lipinski definition) is 2. The Hall–Kier alpha value is -2.01. The van der Waals surface area contributed by atoms with E-state index in [1.54, 1.807) is 0 Å². The molecule has 1 aliphatic carbocycles. The van der Waals surface area contributed by atoms with Crippen molar-refractivity contribution in [2.45, 2.75) is 25.3 Å². The zero-order chi connectivity index (χ0) is 14.8. The van der Waals surface area contributed by atoms with Crippen molar-refractivity contribution in [3.63, 3.8) is 0 Å². The molecular weight excluding hydrogens is 268 g/mol. The Bertz CT molecular complexity index is 646. The third-order valence-electron chi connectivity index (χ3n) is 3.87. The maximum atomic E-state index is 11.4. The van der Waals surface area contributed by atoms with Crippen LogP contribution in [-0.2, 0) is 16.0 Å². The van der Waals surface area contributed by atoms with Crippen LogP contribution in [0.4, 0.5) is 0 Å². The number of fused-ring (bicyclic) bond motifs is 1. The number of ether oxygens (including phenoxy) is 2. The largest absolute Gasteiger partial charge is 0.493 e. The van der Waals surface area contributed by atoms with E-state index in [0.717, 1.165) is 34.7 Å². The average Bonchev–Trinajstić information content (AvgIpc) is 3.26. The fourth-order valence-corrected chi connectivity index (χ4v) is 2.39. The number of nitrogens with two attached hydrogens (primary N) is 1. The first-order valence-electron chi connectivity index (χ1n) is 7.23. The summed E-state index contributed by atoms with van der Waals surface area (Å²) in [6.45, 7) is 0.785. The third kappa shape index (κ3) is 3.19. The number of aromatic nitrogens is 1. The summed E-state index contributed by atoms with van der Waals surface area (Å²) in [5, 5.41) is 1.04. The monoisotopic (exact) mass is 288 g/mol. The lowest BCUT2D eigenvalue weighted by molar-refractivity contribution is -0.142. The number of hydrogen-bond acceptors (Lipinski definition) is 4. The Labute approximate surface area is 123 Å². The van der Waals surface area contributed by atoms with Crippen molar-refractivity contribution in [3.05, 3.63) is 30.0 Å². The molecule has 0 bridgehead atoms. The Morgan fingerprint density at radius 1 is 1.48 bits per heavy atom. The Morgan fingerprint density at radius 2 is 2.29 bits per heavy atom. The molecule has 0 radical (unpaired) electrons. The first kappa shape index (κ1) is 13.9. The average molecular weight is 288 g/mol. The molecular formula is C16H20N2O3. The minimum Gasteiger partial charge on any atom is -0.493 e. The van der Waals surface area contributed by atoms with Crippen LogP contribution in [0, 0.1) is 5.92 Å². The van der Waals surface area contributed by atoms with Crippen molar-refractivity contribution in [1.82, 2.24) is 4.98 Å². The number of carbonyl (C=O) groups is 1. The maximum absolute atomic E-state index is 11.4. The van der Waals surface area contributed by atoms with Gasteiger partial charge in [-0.2, -0.15) is 0 Å². The molecule has 1 aromatic heterocycles. The standard InChI is InChI=1S/C16H20N2O3/c1-20-16(19)14(17)6-11-8-18-15-5-4-12(7-13(11)15)21-9-10-2-3-10/h4-5,7-8,10,14,18H,2-3,6,9,17H2,1H3/t14-/m0/s1. The number of methoxy groups -OCH3 is 1. The third-order valence-corrected chi connectivity index (χ3v) is 3.87. The smallest absolute Gasteiger partial charge is 0.322 e. The predicted octanol–water partition coefficient (Wildman–Crippen LogP) is 2.00. The van der Waals surface area contributed by atoms with Gasteiger partial charge in [0.05, 0.1) is 13.7 Å². The van der Waals surface area contributed by atoms with E-state index in [0.29, 0.717) is 6.42 Å². The molecule has 0 aliphatic heterocycles. The molecule has 0 unspecified atom stereocenters. The van der Waals surface area contributed by atoms with Gasteiger partial charge in [0.2, 0.25) is 0 Å². The topological polar surface area (TPSA) is 77.3 Å². The van der Waals surface area contributed by atoms with Crippen molar-refractivity contribution in [3.8, 4) is 5.75 Å². The summed E-state index contributed by atoms with van der Waals surface area (Å²) in [5.41, 5.74) is 7.85. The lowest BCUT2D eigenvalue weighted by Gasteiger charge is -2.09. The van der Waals surface area contributed by atoms with Gasteiger partial charge in [-0.25, -0.2) is 0 Å². The summed E-state index contributed by atoms with van der Waals surface area (Å²) < 4.78 is 10.5. The summed E-state index contributed by atoms with van der Waals surface area (Å²) >= 11 is 0. The van der Waals surface area contributed by atoms with E-state index >= 15 is 0 Å². The Kier molecular flexibility index (Phi) is 3.84. The van der Waals surface area contributed by atoms with Crippen LogP contribution in [0.5, 0.6) is 5.75 Å². The highest BCUT2D eigenvalue weighted by atomic mass is 16.5. The van der Waals surface area contributed by atoms with Gasteiger partial charge in [-0.15, -0.1) is 0 Å².